The van der Waals surface area contributed by atoms with Gasteiger partial charge in [0.1, 0.15) is 6.04 Å². The van der Waals surface area contributed by atoms with Crippen molar-refractivity contribution in [2.45, 2.75) is 51.5 Å². The van der Waals surface area contributed by atoms with Gasteiger partial charge in [-0.25, -0.2) is 0 Å². The summed E-state index contributed by atoms with van der Waals surface area (Å²) >= 11 is 0. The summed E-state index contributed by atoms with van der Waals surface area (Å²) in [5, 5.41) is 2.99. The molecule has 0 saturated heterocycles. The predicted molar refractivity (Wildman–Crippen MR) is 76.9 cm³/mol. The van der Waals surface area contributed by atoms with E-state index in [9.17, 15) is 9.59 Å². The normalized spacial score (nSPS) is 39.5. The number of amides is 2. The molecule has 0 aromatic rings. The lowest BCUT2D eigenvalue weighted by molar-refractivity contribution is -0.149. The van der Waals surface area contributed by atoms with Crippen LogP contribution in [0, 0.1) is 23.2 Å². The van der Waals surface area contributed by atoms with Crippen LogP contribution >= 0.6 is 0 Å². The zero-order valence-corrected chi connectivity index (χ0v) is 12.8. The molecule has 1 N–H and O–H groups in total. The zero-order chi connectivity index (χ0) is 14.5. The van der Waals surface area contributed by atoms with E-state index in [1.54, 1.807) is 25.9 Å². The molecule has 4 heteroatoms. The van der Waals surface area contributed by atoms with Gasteiger partial charge in [-0.3, -0.25) is 9.59 Å². The second-order valence-electron chi connectivity index (χ2n) is 7.63. The van der Waals surface area contributed by atoms with Crippen LogP contribution in [0.3, 0.4) is 0 Å². The van der Waals surface area contributed by atoms with Gasteiger partial charge < -0.3 is 10.2 Å². The van der Waals surface area contributed by atoms with Gasteiger partial charge in [0, 0.05) is 19.5 Å². The van der Waals surface area contributed by atoms with Gasteiger partial charge in [0.15, 0.2) is 0 Å². The molecular formula is C16H26N2O2. The number of nitrogens with one attached hydrogen (secondary N) is 1. The highest BCUT2D eigenvalue weighted by Gasteiger charge is 2.54. The number of likely N-dealkylation sites (N-methyl/N-ethyl adjacent to an activating group) is 1. The first-order valence-electron chi connectivity index (χ1n) is 7.92. The smallest absolute Gasteiger partial charge is 0.244 e. The fourth-order valence-electron chi connectivity index (χ4n) is 5.19. The van der Waals surface area contributed by atoms with Gasteiger partial charge in [-0.1, -0.05) is 0 Å². The van der Waals surface area contributed by atoms with Crippen LogP contribution in [-0.2, 0) is 9.59 Å². The lowest BCUT2D eigenvalue weighted by atomic mass is 9.49. The van der Waals surface area contributed by atoms with Gasteiger partial charge >= 0.3 is 0 Å². The average molecular weight is 278 g/mol. The Labute approximate surface area is 121 Å². The molecule has 4 bridgehead atoms. The molecule has 0 aromatic carbocycles. The van der Waals surface area contributed by atoms with Gasteiger partial charge in [-0.15, -0.1) is 0 Å². The molecule has 4 saturated carbocycles. The lowest BCUT2D eigenvalue weighted by Crippen LogP contribution is -2.56. The van der Waals surface area contributed by atoms with Crippen molar-refractivity contribution in [2.24, 2.45) is 23.2 Å². The minimum Gasteiger partial charge on any atom is -0.347 e. The summed E-state index contributed by atoms with van der Waals surface area (Å²) in [6, 6.07) is -0.412. The van der Waals surface area contributed by atoms with Crippen molar-refractivity contribution in [3.63, 3.8) is 0 Å². The molecule has 112 valence electrons. The van der Waals surface area contributed by atoms with Crippen molar-refractivity contribution in [3.05, 3.63) is 0 Å². The fourth-order valence-corrected chi connectivity index (χ4v) is 5.19. The summed E-state index contributed by atoms with van der Waals surface area (Å²) in [5.41, 5.74) is -0.157. The van der Waals surface area contributed by atoms with Gasteiger partial charge in [-0.05, 0) is 63.2 Å². The third-order valence-corrected chi connectivity index (χ3v) is 5.68. The third-order valence-electron chi connectivity index (χ3n) is 5.68. The quantitative estimate of drug-likeness (QED) is 0.855. The number of carbonyl (C=O) groups is 2. The maximum atomic E-state index is 12.8. The Balaban J connectivity index is 1.69. The third kappa shape index (κ3) is 2.23. The Kier molecular flexibility index (Phi) is 3.30. The predicted octanol–water partition coefficient (Wildman–Crippen LogP) is 1.80. The maximum Gasteiger partial charge on any atom is 0.244 e. The fraction of sp³-hybridized carbons (Fsp3) is 0.875. The van der Waals surface area contributed by atoms with Crippen LogP contribution < -0.4 is 5.32 Å². The molecule has 0 spiro atoms. The number of carbonyl (C=O) groups excluding carboxylic acids is 2. The van der Waals surface area contributed by atoms with E-state index in [1.165, 1.54) is 19.3 Å². The van der Waals surface area contributed by atoms with E-state index in [4.69, 9.17) is 0 Å². The Morgan fingerprint density at radius 3 is 1.90 bits per heavy atom. The Morgan fingerprint density at radius 1 is 1.05 bits per heavy atom. The second-order valence-corrected chi connectivity index (χ2v) is 7.63. The molecule has 20 heavy (non-hydrogen) atoms. The number of hydrogen-bond donors (Lipinski definition) is 1. The van der Waals surface area contributed by atoms with Crippen LogP contribution in [0.4, 0.5) is 0 Å². The highest BCUT2D eigenvalue weighted by atomic mass is 16.2. The van der Waals surface area contributed by atoms with Crippen molar-refractivity contribution < 1.29 is 9.59 Å². The van der Waals surface area contributed by atoms with Crippen LogP contribution in [0.1, 0.15) is 45.4 Å². The van der Waals surface area contributed by atoms with Gasteiger partial charge in [0.2, 0.25) is 11.8 Å². The first-order chi connectivity index (χ1) is 9.39. The van der Waals surface area contributed by atoms with Crippen LogP contribution in [0.25, 0.3) is 0 Å². The minimum atomic E-state index is -0.412. The Morgan fingerprint density at radius 2 is 1.50 bits per heavy atom. The van der Waals surface area contributed by atoms with Crippen LogP contribution in [0.2, 0.25) is 0 Å². The average Bonchev–Trinajstić information content (AvgIpc) is 2.35. The van der Waals surface area contributed by atoms with E-state index in [0.29, 0.717) is 0 Å². The molecule has 4 rings (SSSR count). The lowest BCUT2D eigenvalue weighted by Gasteiger charge is -2.55. The first kappa shape index (κ1) is 13.9. The molecule has 1 unspecified atom stereocenters. The summed E-state index contributed by atoms with van der Waals surface area (Å²) in [5.74, 6) is 2.38. The summed E-state index contributed by atoms with van der Waals surface area (Å²) in [7, 11) is 3.46. The Hall–Kier alpha value is -1.06. The second kappa shape index (κ2) is 4.74. The summed E-state index contributed by atoms with van der Waals surface area (Å²) < 4.78 is 0. The number of nitrogens with zero attached hydrogens (tertiary/aromatic N) is 1. The molecule has 0 aliphatic heterocycles. The minimum absolute atomic E-state index is 0.0249. The standard InChI is InChI=1S/C16H26N2O2/c1-10(14(19)18(2)3)17-15(20)16-7-11-4-12(8-16)6-13(5-11)9-16/h10-13H,4-9H2,1-3H3,(H,17,20). The van der Waals surface area contributed by atoms with E-state index in [-0.39, 0.29) is 17.2 Å². The highest BCUT2D eigenvalue weighted by molar-refractivity contribution is 5.90. The van der Waals surface area contributed by atoms with Crippen LogP contribution in [-0.4, -0.2) is 36.9 Å². The van der Waals surface area contributed by atoms with Gasteiger partial charge in [-0.2, -0.15) is 0 Å². The number of rotatable bonds is 3. The highest BCUT2D eigenvalue weighted by Crippen LogP contribution is 2.60. The molecule has 4 aliphatic carbocycles. The molecule has 0 aromatic heterocycles. The topological polar surface area (TPSA) is 49.4 Å². The molecule has 1 atom stereocenters. The van der Waals surface area contributed by atoms with Crippen molar-refractivity contribution in [3.8, 4) is 0 Å². The van der Waals surface area contributed by atoms with Crippen molar-refractivity contribution >= 4 is 11.8 Å². The van der Waals surface area contributed by atoms with E-state index in [0.717, 1.165) is 37.0 Å². The summed E-state index contributed by atoms with van der Waals surface area (Å²) in [6.45, 7) is 1.79. The van der Waals surface area contributed by atoms with Crippen LogP contribution in [0.5, 0.6) is 0 Å². The molecule has 4 nitrogen and oxygen atoms in total. The van der Waals surface area contributed by atoms with Crippen LogP contribution in [0.15, 0.2) is 0 Å². The summed E-state index contributed by atoms with van der Waals surface area (Å²) in [6.07, 6.45) is 7.14. The number of hydrogen-bond acceptors (Lipinski definition) is 2. The van der Waals surface area contributed by atoms with E-state index in [1.807, 2.05) is 0 Å². The van der Waals surface area contributed by atoms with Gasteiger partial charge in [0.05, 0.1) is 0 Å². The molecule has 2 amide bonds. The van der Waals surface area contributed by atoms with E-state index in [2.05, 4.69) is 5.32 Å². The Bertz CT molecular complexity index is 395. The van der Waals surface area contributed by atoms with Crippen molar-refractivity contribution in [1.29, 1.82) is 0 Å². The first-order valence-corrected chi connectivity index (χ1v) is 7.92. The molecule has 4 fully saturated rings. The zero-order valence-electron chi connectivity index (χ0n) is 12.8. The molecule has 0 heterocycles. The molecule has 4 aliphatic rings. The van der Waals surface area contributed by atoms with Gasteiger partial charge in [0.25, 0.3) is 0 Å². The molecular weight excluding hydrogens is 252 g/mol. The van der Waals surface area contributed by atoms with Crippen molar-refractivity contribution in [2.75, 3.05) is 14.1 Å². The van der Waals surface area contributed by atoms with E-state index >= 15 is 0 Å². The largest absolute Gasteiger partial charge is 0.347 e. The molecule has 0 radical (unpaired) electrons. The maximum absolute atomic E-state index is 12.8. The monoisotopic (exact) mass is 278 g/mol. The van der Waals surface area contributed by atoms with E-state index < -0.39 is 6.04 Å². The summed E-state index contributed by atoms with van der Waals surface area (Å²) in [4.78, 5) is 26.2. The van der Waals surface area contributed by atoms with Crippen molar-refractivity contribution in [1.82, 2.24) is 10.2 Å². The SMILES string of the molecule is CC(NC(=O)C12CC3CC(CC(C3)C1)C2)C(=O)N(C)C.